The van der Waals surface area contributed by atoms with E-state index in [9.17, 15) is 0 Å². The highest BCUT2D eigenvalue weighted by atomic mass is 16.5. The van der Waals surface area contributed by atoms with Crippen molar-refractivity contribution < 1.29 is 4.74 Å². The summed E-state index contributed by atoms with van der Waals surface area (Å²) in [6.07, 6.45) is 13.3. The van der Waals surface area contributed by atoms with Crippen LogP contribution in [0.4, 0.5) is 0 Å². The van der Waals surface area contributed by atoms with Crippen LogP contribution in [0.25, 0.3) is 0 Å². The predicted octanol–water partition coefficient (Wildman–Crippen LogP) is 5.31. The Morgan fingerprint density at radius 2 is 1.90 bits per heavy atom. The zero-order valence-electron chi connectivity index (χ0n) is 15.0. The van der Waals surface area contributed by atoms with Gasteiger partial charge < -0.3 is 10.1 Å². The average Bonchev–Trinajstić information content (AvgIpc) is 2.46. The van der Waals surface area contributed by atoms with Crippen molar-refractivity contribution in [3.63, 3.8) is 0 Å². The maximum atomic E-state index is 6.37. The van der Waals surface area contributed by atoms with Crippen LogP contribution >= 0.6 is 0 Å². The molecule has 1 rings (SSSR count). The number of ether oxygens (including phenoxy) is 1. The van der Waals surface area contributed by atoms with Gasteiger partial charge in [-0.05, 0) is 38.6 Å². The van der Waals surface area contributed by atoms with Crippen LogP contribution in [0.5, 0.6) is 0 Å². The Labute approximate surface area is 133 Å². The van der Waals surface area contributed by atoms with Gasteiger partial charge in [0, 0.05) is 12.6 Å². The lowest BCUT2D eigenvalue weighted by atomic mass is 9.73. The Balaban J connectivity index is 2.59. The van der Waals surface area contributed by atoms with E-state index in [0.717, 1.165) is 19.1 Å². The lowest BCUT2D eigenvalue weighted by molar-refractivity contribution is -0.102. The molecule has 126 valence electrons. The van der Waals surface area contributed by atoms with Crippen LogP contribution in [-0.2, 0) is 4.74 Å². The molecule has 0 heterocycles. The molecule has 0 aliphatic heterocycles. The molecule has 2 heteroatoms. The SMILES string of the molecule is CCCCCCCC(NCC)C1(OCC)CCCC(C)C1. The molecule has 3 atom stereocenters. The first-order valence-electron chi connectivity index (χ1n) is 9.55. The number of nitrogens with one attached hydrogen (secondary N) is 1. The second-order valence-electron chi connectivity index (χ2n) is 7.01. The van der Waals surface area contributed by atoms with Crippen LogP contribution in [0.1, 0.15) is 91.9 Å². The molecular weight excluding hydrogens is 258 g/mol. The summed E-state index contributed by atoms with van der Waals surface area (Å²) in [6.45, 7) is 11.0. The fourth-order valence-corrected chi connectivity index (χ4v) is 4.13. The summed E-state index contributed by atoms with van der Waals surface area (Å²) in [5.41, 5.74) is 0.104. The second kappa shape index (κ2) is 10.6. The van der Waals surface area contributed by atoms with Gasteiger partial charge in [0.25, 0.3) is 0 Å². The fourth-order valence-electron chi connectivity index (χ4n) is 4.13. The quantitative estimate of drug-likeness (QED) is 0.522. The van der Waals surface area contributed by atoms with Gasteiger partial charge in [0.1, 0.15) is 0 Å². The molecule has 1 fully saturated rings. The van der Waals surface area contributed by atoms with Crippen LogP contribution in [0.3, 0.4) is 0 Å². The van der Waals surface area contributed by atoms with Crippen molar-refractivity contribution in [1.82, 2.24) is 5.32 Å². The molecular formula is C19H39NO. The van der Waals surface area contributed by atoms with Crippen molar-refractivity contribution >= 4 is 0 Å². The van der Waals surface area contributed by atoms with Crippen LogP contribution in [0.2, 0.25) is 0 Å². The first-order chi connectivity index (χ1) is 10.2. The molecule has 2 nitrogen and oxygen atoms in total. The highest BCUT2D eigenvalue weighted by Gasteiger charge is 2.41. The van der Waals surface area contributed by atoms with E-state index in [0.29, 0.717) is 6.04 Å². The molecule has 0 aromatic carbocycles. The lowest BCUT2D eigenvalue weighted by Gasteiger charge is -2.46. The Kier molecular flexibility index (Phi) is 9.59. The van der Waals surface area contributed by atoms with E-state index in [2.05, 4.69) is 33.0 Å². The molecule has 1 aliphatic carbocycles. The summed E-state index contributed by atoms with van der Waals surface area (Å²) < 4.78 is 6.37. The van der Waals surface area contributed by atoms with Gasteiger partial charge >= 0.3 is 0 Å². The van der Waals surface area contributed by atoms with Gasteiger partial charge in [0.05, 0.1) is 5.60 Å². The monoisotopic (exact) mass is 297 g/mol. The lowest BCUT2D eigenvalue weighted by Crippen LogP contribution is -2.54. The van der Waals surface area contributed by atoms with Gasteiger partial charge in [-0.3, -0.25) is 0 Å². The van der Waals surface area contributed by atoms with Crippen molar-refractivity contribution in [2.75, 3.05) is 13.2 Å². The largest absolute Gasteiger partial charge is 0.374 e. The Bertz CT molecular complexity index is 252. The Morgan fingerprint density at radius 1 is 1.14 bits per heavy atom. The third-order valence-electron chi connectivity index (χ3n) is 5.10. The van der Waals surface area contributed by atoms with Crippen molar-refractivity contribution in [3.05, 3.63) is 0 Å². The van der Waals surface area contributed by atoms with Gasteiger partial charge in [-0.2, -0.15) is 0 Å². The molecule has 1 saturated carbocycles. The number of hydrogen-bond acceptors (Lipinski definition) is 2. The van der Waals surface area contributed by atoms with E-state index >= 15 is 0 Å². The average molecular weight is 298 g/mol. The Morgan fingerprint density at radius 3 is 2.52 bits per heavy atom. The Hall–Kier alpha value is -0.0800. The highest BCUT2D eigenvalue weighted by molar-refractivity contribution is 4.97. The predicted molar refractivity (Wildman–Crippen MR) is 92.8 cm³/mol. The summed E-state index contributed by atoms with van der Waals surface area (Å²) in [4.78, 5) is 0. The minimum atomic E-state index is 0.104. The van der Waals surface area contributed by atoms with Crippen LogP contribution in [0, 0.1) is 5.92 Å². The number of hydrogen-bond donors (Lipinski definition) is 1. The minimum Gasteiger partial charge on any atom is -0.374 e. The van der Waals surface area contributed by atoms with Gasteiger partial charge in [-0.15, -0.1) is 0 Å². The topological polar surface area (TPSA) is 21.3 Å². The number of likely N-dealkylation sites (N-methyl/N-ethyl adjacent to an activating group) is 1. The van der Waals surface area contributed by atoms with E-state index in [4.69, 9.17) is 4.74 Å². The minimum absolute atomic E-state index is 0.104. The first kappa shape index (κ1) is 19.0. The van der Waals surface area contributed by atoms with E-state index in [1.807, 2.05) is 0 Å². The highest BCUT2D eigenvalue weighted by Crippen LogP contribution is 2.39. The third-order valence-corrected chi connectivity index (χ3v) is 5.10. The van der Waals surface area contributed by atoms with E-state index in [1.165, 1.54) is 64.2 Å². The summed E-state index contributed by atoms with van der Waals surface area (Å²) in [6, 6.07) is 0.548. The summed E-state index contributed by atoms with van der Waals surface area (Å²) >= 11 is 0. The van der Waals surface area contributed by atoms with Gasteiger partial charge in [0.2, 0.25) is 0 Å². The van der Waals surface area contributed by atoms with Crippen LogP contribution in [-0.4, -0.2) is 24.8 Å². The van der Waals surface area contributed by atoms with Crippen molar-refractivity contribution in [2.24, 2.45) is 5.92 Å². The third kappa shape index (κ3) is 6.28. The molecule has 0 bridgehead atoms. The second-order valence-corrected chi connectivity index (χ2v) is 7.01. The normalized spacial score (nSPS) is 27.7. The molecule has 0 aromatic heterocycles. The molecule has 3 unspecified atom stereocenters. The van der Waals surface area contributed by atoms with Gasteiger partial charge in [-0.25, -0.2) is 0 Å². The van der Waals surface area contributed by atoms with E-state index < -0.39 is 0 Å². The summed E-state index contributed by atoms with van der Waals surface area (Å²) in [5.74, 6) is 0.812. The van der Waals surface area contributed by atoms with E-state index in [1.54, 1.807) is 0 Å². The molecule has 0 aromatic rings. The maximum absolute atomic E-state index is 6.37. The number of rotatable bonds is 11. The van der Waals surface area contributed by atoms with Crippen LogP contribution < -0.4 is 5.32 Å². The maximum Gasteiger partial charge on any atom is 0.0837 e. The van der Waals surface area contributed by atoms with Crippen molar-refractivity contribution in [2.45, 2.75) is 104 Å². The molecule has 0 amide bonds. The molecule has 0 radical (unpaired) electrons. The first-order valence-corrected chi connectivity index (χ1v) is 9.55. The van der Waals surface area contributed by atoms with Crippen LogP contribution in [0.15, 0.2) is 0 Å². The zero-order chi connectivity index (χ0) is 15.6. The number of unbranched alkanes of at least 4 members (excludes halogenated alkanes) is 4. The van der Waals surface area contributed by atoms with Gasteiger partial charge in [-0.1, -0.05) is 65.7 Å². The molecule has 0 saturated heterocycles. The molecule has 1 aliphatic rings. The standard InChI is InChI=1S/C19H39NO/c1-5-8-9-10-11-14-18(20-6-2)19(21-7-3)15-12-13-17(4)16-19/h17-18,20H,5-16H2,1-4H3. The molecule has 21 heavy (non-hydrogen) atoms. The van der Waals surface area contributed by atoms with Gasteiger partial charge in [0.15, 0.2) is 0 Å². The smallest absolute Gasteiger partial charge is 0.0837 e. The summed E-state index contributed by atoms with van der Waals surface area (Å²) in [7, 11) is 0. The summed E-state index contributed by atoms with van der Waals surface area (Å²) in [5, 5.41) is 3.76. The fraction of sp³-hybridized carbons (Fsp3) is 1.00. The molecule has 1 N–H and O–H groups in total. The molecule has 0 spiro atoms. The van der Waals surface area contributed by atoms with E-state index in [-0.39, 0.29) is 5.60 Å². The zero-order valence-corrected chi connectivity index (χ0v) is 15.0. The van der Waals surface area contributed by atoms with Crippen molar-refractivity contribution in [1.29, 1.82) is 0 Å². The van der Waals surface area contributed by atoms with Crippen molar-refractivity contribution in [3.8, 4) is 0 Å².